The maximum Gasteiger partial charge on any atom is 0.230 e. The van der Waals surface area contributed by atoms with E-state index in [2.05, 4.69) is 43.8 Å². The van der Waals surface area contributed by atoms with Crippen LogP contribution in [0.5, 0.6) is 0 Å². The van der Waals surface area contributed by atoms with Crippen molar-refractivity contribution < 1.29 is 5.11 Å². The van der Waals surface area contributed by atoms with Crippen LogP contribution in [-0.2, 0) is 13.0 Å². The Morgan fingerprint density at radius 3 is 2.79 bits per heavy atom. The van der Waals surface area contributed by atoms with Gasteiger partial charge in [-0.05, 0) is 49.3 Å². The van der Waals surface area contributed by atoms with Gasteiger partial charge in [-0.15, -0.1) is 0 Å². The van der Waals surface area contributed by atoms with Gasteiger partial charge in [-0.3, -0.25) is 9.88 Å². The Kier molecular flexibility index (Phi) is 5.63. The van der Waals surface area contributed by atoms with Crippen LogP contribution in [0, 0.1) is 5.92 Å². The lowest BCUT2D eigenvalue weighted by molar-refractivity contribution is 0.183. The van der Waals surface area contributed by atoms with E-state index in [1.54, 1.807) is 0 Å². The molecule has 0 unspecified atom stereocenters. The van der Waals surface area contributed by atoms with Gasteiger partial charge in [-0.25, -0.2) is 9.97 Å². The van der Waals surface area contributed by atoms with Crippen LogP contribution in [0.4, 0.5) is 11.8 Å². The van der Waals surface area contributed by atoms with Crippen molar-refractivity contribution in [2.75, 3.05) is 25.0 Å². The molecule has 1 fully saturated rings. The molecule has 176 valence electrons. The van der Waals surface area contributed by atoms with E-state index in [4.69, 9.17) is 9.97 Å². The molecule has 0 amide bonds. The summed E-state index contributed by atoms with van der Waals surface area (Å²) in [5.74, 6) is 2.13. The van der Waals surface area contributed by atoms with E-state index in [9.17, 15) is 5.11 Å². The molecule has 1 aliphatic heterocycles. The molecule has 1 saturated carbocycles. The molecular weight excluding hydrogens is 426 g/mol. The summed E-state index contributed by atoms with van der Waals surface area (Å²) in [5, 5.41) is 14.8. The van der Waals surface area contributed by atoms with Crippen LogP contribution < -0.4 is 5.32 Å². The van der Waals surface area contributed by atoms with Crippen molar-refractivity contribution in [3.8, 4) is 0 Å². The smallest absolute Gasteiger partial charge is 0.230 e. The first-order valence-corrected chi connectivity index (χ1v) is 12.4. The van der Waals surface area contributed by atoms with Gasteiger partial charge >= 0.3 is 0 Å². The fraction of sp³-hybridized carbons (Fsp3) is 0.462. The number of fused-ring (bicyclic) bond motifs is 4. The maximum absolute atomic E-state index is 9.22. The molecular formula is C26H31N7O. The number of β-amino-alcohol motifs (C(OH)–C–C–N with tert-alkyl or cyclic N) is 1. The van der Waals surface area contributed by atoms with Crippen LogP contribution in [0.2, 0.25) is 0 Å². The Morgan fingerprint density at radius 2 is 1.94 bits per heavy atom. The highest BCUT2D eigenvalue weighted by Crippen LogP contribution is 2.38. The third-order valence-electron chi connectivity index (χ3n) is 7.48. The Bertz CT molecular complexity index is 1330. The summed E-state index contributed by atoms with van der Waals surface area (Å²) in [5.41, 5.74) is 4.44. The first-order chi connectivity index (χ1) is 16.7. The lowest BCUT2D eigenvalue weighted by Crippen LogP contribution is -2.33. The highest BCUT2D eigenvalue weighted by molar-refractivity contribution is 6.06. The molecule has 2 aliphatic rings. The number of anilines is 2. The van der Waals surface area contributed by atoms with Crippen molar-refractivity contribution >= 4 is 33.7 Å². The van der Waals surface area contributed by atoms with Gasteiger partial charge in [0.05, 0.1) is 18.3 Å². The first kappa shape index (κ1) is 21.4. The molecule has 4 aromatic rings. The van der Waals surface area contributed by atoms with E-state index in [1.165, 1.54) is 31.2 Å². The zero-order valence-electron chi connectivity index (χ0n) is 19.6. The number of nitrogens with one attached hydrogen (secondary N) is 1. The third kappa shape index (κ3) is 3.91. The van der Waals surface area contributed by atoms with Crippen molar-refractivity contribution in [3.05, 3.63) is 48.0 Å². The number of nitrogens with zero attached hydrogens (tertiary/aromatic N) is 6. The number of aromatic nitrogens is 5. The number of aliphatic hydroxyl groups excluding tert-OH is 1. The Hall–Kier alpha value is -3.10. The molecule has 0 aromatic carbocycles. The lowest BCUT2D eigenvalue weighted by atomic mass is 9.87. The van der Waals surface area contributed by atoms with Crippen LogP contribution in [0.25, 0.3) is 21.9 Å². The van der Waals surface area contributed by atoms with Crippen LogP contribution in [-0.4, -0.2) is 54.2 Å². The van der Waals surface area contributed by atoms with Gasteiger partial charge in [0, 0.05) is 61.0 Å². The van der Waals surface area contributed by atoms with Crippen LogP contribution in [0.15, 0.2) is 36.8 Å². The molecule has 0 bridgehead atoms. The Balaban J connectivity index is 1.33. The average molecular weight is 458 g/mol. The van der Waals surface area contributed by atoms with Crippen LogP contribution >= 0.6 is 0 Å². The predicted molar refractivity (Wildman–Crippen MR) is 133 cm³/mol. The largest absolute Gasteiger partial charge is 0.395 e. The molecule has 6 rings (SSSR count). The predicted octanol–water partition coefficient (Wildman–Crippen LogP) is 4.22. The highest BCUT2D eigenvalue weighted by Gasteiger charge is 2.25. The monoisotopic (exact) mass is 457 g/mol. The number of hydrogen-bond donors (Lipinski definition) is 2. The van der Waals surface area contributed by atoms with E-state index < -0.39 is 0 Å². The van der Waals surface area contributed by atoms with Gasteiger partial charge in [0.25, 0.3) is 0 Å². The minimum Gasteiger partial charge on any atom is -0.395 e. The van der Waals surface area contributed by atoms with Crippen molar-refractivity contribution in [3.63, 3.8) is 0 Å². The SMILES string of the molecule is C[C@H]1CC[C@H](n2c3cnccc3c3cnc(Nc4ccc5c(n4)CCN(CCO)C5)nc32)CC1. The number of hydrogen-bond acceptors (Lipinski definition) is 7. The lowest BCUT2D eigenvalue weighted by Gasteiger charge is -2.28. The fourth-order valence-corrected chi connectivity index (χ4v) is 5.59. The van der Waals surface area contributed by atoms with Crippen LogP contribution in [0.3, 0.4) is 0 Å². The Labute approximate surface area is 199 Å². The van der Waals surface area contributed by atoms with E-state index >= 15 is 0 Å². The molecule has 8 nitrogen and oxygen atoms in total. The van der Waals surface area contributed by atoms with Gasteiger partial charge in [0.2, 0.25) is 5.95 Å². The Morgan fingerprint density at radius 1 is 1.06 bits per heavy atom. The molecule has 0 saturated heterocycles. The van der Waals surface area contributed by atoms with E-state index in [0.717, 1.165) is 58.9 Å². The first-order valence-electron chi connectivity index (χ1n) is 12.4. The van der Waals surface area contributed by atoms with Gasteiger partial charge in [-0.2, -0.15) is 4.98 Å². The molecule has 4 aromatic heterocycles. The van der Waals surface area contributed by atoms with Crippen molar-refractivity contribution in [2.45, 2.75) is 51.6 Å². The highest BCUT2D eigenvalue weighted by atomic mass is 16.3. The number of rotatable bonds is 5. The topological polar surface area (TPSA) is 92.0 Å². The average Bonchev–Trinajstić information content (AvgIpc) is 3.18. The molecule has 0 atom stereocenters. The zero-order chi connectivity index (χ0) is 23.1. The van der Waals surface area contributed by atoms with Crippen molar-refractivity contribution in [1.82, 2.24) is 29.4 Å². The number of pyridine rings is 2. The fourth-order valence-electron chi connectivity index (χ4n) is 5.59. The van der Waals surface area contributed by atoms with Crippen molar-refractivity contribution in [1.29, 1.82) is 0 Å². The molecule has 5 heterocycles. The second kappa shape index (κ2) is 8.92. The molecule has 0 radical (unpaired) electrons. The summed E-state index contributed by atoms with van der Waals surface area (Å²) in [6.07, 6.45) is 11.5. The van der Waals surface area contributed by atoms with Crippen molar-refractivity contribution in [2.24, 2.45) is 5.92 Å². The minimum atomic E-state index is 0.189. The quantitative estimate of drug-likeness (QED) is 0.464. The van der Waals surface area contributed by atoms with Crippen LogP contribution in [0.1, 0.15) is 49.9 Å². The standard InChI is InChI=1S/C26H31N7O/c1-17-2-5-19(6-3-17)33-23-15-27-10-8-20(23)21-14-28-26(31-25(21)33)30-24-7-4-18-16-32(12-13-34)11-9-22(18)29-24/h4,7-8,10,14-15,17,19,34H,2-3,5-6,9,11-13,16H2,1H3,(H,28,29,30,31)/t17-,19-. The summed E-state index contributed by atoms with van der Waals surface area (Å²) >= 11 is 0. The minimum absolute atomic E-state index is 0.189. The van der Waals surface area contributed by atoms with E-state index in [1.807, 2.05) is 24.7 Å². The van der Waals surface area contributed by atoms with Gasteiger partial charge in [0.15, 0.2) is 0 Å². The maximum atomic E-state index is 9.22. The van der Waals surface area contributed by atoms with Gasteiger partial charge < -0.3 is 15.0 Å². The second-order valence-electron chi connectivity index (χ2n) is 9.78. The summed E-state index contributed by atoms with van der Waals surface area (Å²) in [6.45, 7) is 5.00. The normalized spacial score (nSPS) is 21.1. The van der Waals surface area contributed by atoms with Gasteiger partial charge in [0.1, 0.15) is 11.5 Å². The molecule has 34 heavy (non-hydrogen) atoms. The summed E-state index contributed by atoms with van der Waals surface area (Å²) in [4.78, 5) is 21.1. The second-order valence-corrected chi connectivity index (χ2v) is 9.78. The third-order valence-corrected chi connectivity index (χ3v) is 7.48. The van der Waals surface area contributed by atoms with Gasteiger partial charge in [-0.1, -0.05) is 13.0 Å². The number of aliphatic hydroxyl groups is 1. The molecule has 0 spiro atoms. The summed E-state index contributed by atoms with van der Waals surface area (Å²) < 4.78 is 2.40. The van der Waals surface area contributed by atoms with E-state index in [-0.39, 0.29) is 6.61 Å². The van der Waals surface area contributed by atoms with E-state index in [0.29, 0.717) is 18.5 Å². The summed E-state index contributed by atoms with van der Waals surface area (Å²) in [6, 6.07) is 6.63. The molecule has 2 N–H and O–H groups in total. The molecule has 8 heteroatoms. The zero-order valence-corrected chi connectivity index (χ0v) is 19.6. The summed E-state index contributed by atoms with van der Waals surface area (Å²) in [7, 11) is 0. The molecule has 1 aliphatic carbocycles.